The number of nitrogens with zero attached hydrogens (tertiary/aromatic N) is 2. The molecular formula is C12H15N3O3. The summed E-state index contributed by atoms with van der Waals surface area (Å²) >= 11 is 0. The Morgan fingerprint density at radius 3 is 2.94 bits per heavy atom. The lowest BCUT2D eigenvalue weighted by atomic mass is 10.2. The van der Waals surface area contributed by atoms with Crippen molar-refractivity contribution in [2.75, 3.05) is 13.2 Å². The van der Waals surface area contributed by atoms with Crippen molar-refractivity contribution < 1.29 is 14.4 Å². The van der Waals surface area contributed by atoms with Gasteiger partial charge in [-0.1, -0.05) is 17.3 Å². The molecule has 1 heterocycles. The van der Waals surface area contributed by atoms with Crippen LogP contribution in [0.5, 0.6) is 5.75 Å². The second-order valence-electron chi connectivity index (χ2n) is 3.67. The summed E-state index contributed by atoms with van der Waals surface area (Å²) < 4.78 is 10.5. The summed E-state index contributed by atoms with van der Waals surface area (Å²) in [7, 11) is 0. The van der Waals surface area contributed by atoms with Crippen LogP contribution in [0.25, 0.3) is 11.4 Å². The molecule has 6 nitrogen and oxygen atoms in total. The first-order valence-corrected chi connectivity index (χ1v) is 5.68. The van der Waals surface area contributed by atoms with Gasteiger partial charge in [-0.15, -0.1) is 0 Å². The highest BCUT2D eigenvalue weighted by atomic mass is 16.5. The number of hydrogen-bond acceptors (Lipinski definition) is 6. The normalized spacial score (nSPS) is 12.4. The highest BCUT2D eigenvalue weighted by Crippen LogP contribution is 2.28. The Kier molecular flexibility index (Phi) is 3.91. The number of aliphatic hydroxyl groups excluding tert-OH is 1. The topological polar surface area (TPSA) is 94.4 Å². The zero-order valence-electron chi connectivity index (χ0n) is 10.0. The summed E-state index contributed by atoms with van der Waals surface area (Å²) in [6.07, 6.45) is 0. The van der Waals surface area contributed by atoms with Crippen LogP contribution in [0.2, 0.25) is 0 Å². The van der Waals surface area contributed by atoms with Crippen LogP contribution in [0, 0.1) is 0 Å². The average molecular weight is 249 g/mol. The molecule has 0 aliphatic heterocycles. The van der Waals surface area contributed by atoms with E-state index in [0.29, 0.717) is 18.2 Å². The van der Waals surface area contributed by atoms with Crippen LogP contribution in [0.15, 0.2) is 28.8 Å². The first kappa shape index (κ1) is 12.5. The molecule has 0 unspecified atom stereocenters. The molecule has 0 aliphatic carbocycles. The minimum absolute atomic E-state index is 0.207. The molecule has 3 N–H and O–H groups in total. The number of ether oxygens (including phenoxy) is 1. The van der Waals surface area contributed by atoms with Gasteiger partial charge < -0.3 is 20.1 Å². The van der Waals surface area contributed by atoms with Gasteiger partial charge in [0.15, 0.2) is 0 Å². The molecule has 0 saturated heterocycles. The van der Waals surface area contributed by atoms with Crippen LogP contribution < -0.4 is 10.5 Å². The van der Waals surface area contributed by atoms with Crippen LogP contribution in [0.4, 0.5) is 0 Å². The molecular weight excluding hydrogens is 234 g/mol. The third kappa shape index (κ3) is 2.49. The maximum absolute atomic E-state index is 8.93. The number of aliphatic hydroxyl groups is 1. The smallest absolute Gasteiger partial charge is 0.246 e. The largest absolute Gasteiger partial charge is 0.493 e. The maximum atomic E-state index is 8.93. The lowest BCUT2D eigenvalue weighted by molar-refractivity contribution is 0.237. The third-order valence-corrected chi connectivity index (χ3v) is 2.38. The number of rotatable bonds is 5. The maximum Gasteiger partial charge on any atom is 0.246 e. The van der Waals surface area contributed by atoms with Gasteiger partial charge >= 0.3 is 0 Å². The number of aromatic nitrogens is 2. The van der Waals surface area contributed by atoms with Crippen molar-refractivity contribution in [1.29, 1.82) is 0 Å². The number of para-hydroxylation sites is 1. The van der Waals surface area contributed by atoms with Crippen molar-refractivity contribution in [3.8, 4) is 17.1 Å². The lowest BCUT2D eigenvalue weighted by Crippen LogP contribution is -2.14. The molecule has 18 heavy (non-hydrogen) atoms. The van der Waals surface area contributed by atoms with Crippen LogP contribution in [0.3, 0.4) is 0 Å². The zero-order valence-corrected chi connectivity index (χ0v) is 10.0. The Morgan fingerprint density at radius 2 is 2.22 bits per heavy atom. The molecule has 1 atom stereocenters. The molecule has 2 rings (SSSR count). The van der Waals surface area contributed by atoms with Crippen molar-refractivity contribution in [3.05, 3.63) is 30.2 Å². The molecule has 0 bridgehead atoms. The van der Waals surface area contributed by atoms with Crippen LogP contribution in [-0.4, -0.2) is 28.5 Å². The van der Waals surface area contributed by atoms with Gasteiger partial charge in [-0.3, -0.25) is 0 Å². The fourth-order valence-electron chi connectivity index (χ4n) is 1.51. The molecule has 6 heteroatoms. The quantitative estimate of drug-likeness (QED) is 0.824. The van der Waals surface area contributed by atoms with Gasteiger partial charge in [0.05, 0.1) is 18.8 Å². The standard InChI is InChI=1S/C12H15N3O3/c1-2-17-10-6-4-3-5-8(10)11-14-12(18-15-11)9(13)7-16/h3-6,9,16H,2,7,13H2,1H3/t9-/m0/s1. The highest BCUT2D eigenvalue weighted by molar-refractivity contribution is 5.63. The molecule has 2 aromatic rings. The van der Waals surface area contributed by atoms with Gasteiger partial charge in [-0.2, -0.15) is 4.98 Å². The van der Waals surface area contributed by atoms with E-state index in [1.807, 2.05) is 31.2 Å². The summed E-state index contributed by atoms with van der Waals surface area (Å²) in [5.41, 5.74) is 6.34. The minimum Gasteiger partial charge on any atom is -0.493 e. The highest BCUT2D eigenvalue weighted by Gasteiger charge is 2.16. The molecule has 0 spiro atoms. The van der Waals surface area contributed by atoms with E-state index in [0.717, 1.165) is 5.56 Å². The Bertz CT molecular complexity index is 513. The van der Waals surface area contributed by atoms with E-state index in [4.69, 9.17) is 20.1 Å². The van der Waals surface area contributed by atoms with Gasteiger partial charge in [-0.25, -0.2) is 0 Å². The first-order valence-electron chi connectivity index (χ1n) is 5.68. The van der Waals surface area contributed by atoms with E-state index >= 15 is 0 Å². The van der Waals surface area contributed by atoms with Crippen molar-refractivity contribution >= 4 is 0 Å². The van der Waals surface area contributed by atoms with Crippen LogP contribution in [0.1, 0.15) is 18.9 Å². The summed E-state index contributed by atoms with van der Waals surface area (Å²) in [6, 6.07) is 6.74. The Morgan fingerprint density at radius 1 is 1.44 bits per heavy atom. The summed E-state index contributed by atoms with van der Waals surface area (Å²) in [5, 5.41) is 12.8. The SMILES string of the molecule is CCOc1ccccc1-c1noc([C@@H](N)CO)n1. The molecule has 96 valence electrons. The third-order valence-electron chi connectivity index (χ3n) is 2.38. The van der Waals surface area contributed by atoms with Gasteiger partial charge in [0.2, 0.25) is 11.7 Å². The van der Waals surface area contributed by atoms with Crippen molar-refractivity contribution in [2.45, 2.75) is 13.0 Å². The number of benzene rings is 1. The van der Waals surface area contributed by atoms with Crippen LogP contribution in [-0.2, 0) is 0 Å². The van der Waals surface area contributed by atoms with E-state index in [2.05, 4.69) is 10.1 Å². The van der Waals surface area contributed by atoms with E-state index < -0.39 is 6.04 Å². The van der Waals surface area contributed by atoms with E-state index in [1.54, 1.807) is 0 Å². The summed E-state index contributed by atoms with van der Waals surface area (Å²) in [5.74, 6) is 1.29. The van der Waals surface area contributed by atoms with Gasteiger partial charge in [0.25, 0.3) is 0 Å². The molecule has 0 radical (unpaired) electrons. The molecule has 1 aromatic heterocycles. The lowest BCUT2D eigenvalue weighted by Gasteiger charge is -2.06. The van der Waals surface area contributed by atoms with Gasteiger partial charge in [0, 0.05) is 0 Å². The van der Waals surface area contributed by atoms with Gasteiger partial charge in [0.1, 0.15) is 11.8 Å². The van der Waals surface area contributed by atoms with Crippen molar-refractivity contribution in [3.63, 3.8) is 0 Å². The van der Waals surface area contributed by atoms with Gasteiger partial charge in [-0.05, 0) is 19.1 Å². The molecule has 1 aromatic carbocycles. The molecule has 0 saturated carbocycles. The predicted molar refractivity (Wildman–Crippen MR) is 64.9 cm³/mol. The van der Waals surface area contributed by atoms with Crippen LogP contribution >= 0.6 is 0 Å². The first-order chi connectivity index (χ1) is 8.76. The summed E-state index contributed by atoms with van der Waals surface area (Å²) in [4.78, 5) is 4.15. The Hall–Kier alpha value is -1.92. The van der Waals surface area contributed by atoms with E-state index in [-0.39, 0.29) is 12.5 Å². The summed E-state index contributed by atoms with van der Waals surface area (Å²) in [6.45, 7) is 2.22. The Labute approximate surface area is 104 Å². The monoisotopic (exact) mass is 249 g/mol. The van der Waals surface area contributed by atoms with Crippen molar-refractivity contribution in [2.24, 2.45) is 5.73 Å². The van der Waals surface area contributed by atoms with Crippen molar-refractivity contribution in [1.82, 2.24) is 10.1 Å². The fraction of sp³-hybridized carbons (Fsp3) is 0.333. The number of hydrogen-bond donors (Lipinski definition) is 2. The zero-order chi connectivity index (χ0) is 13.0. The molecule has 0 amide bonds. The minimum atomic E-state index is -0.662. The van der Waals surface area contributed by atoms with E-state index in [1.165, 1.54) is 0 Å². The second-order valence-corrected chi connectivity index (χ2v) is 3.67. The predicted octanol–water partition coefficient (Wildman–Crippen LogP) is 1.13. The van der Waals surface area contributed by atoms with E-state index in [9.17, 15) is 0 Å². The molecule has 0 aliphatic rings. The average Bonchev–Trinajstić information content (AvgIpc) is 2.88. The molecule has 0 fully saturated rings. The number of nitrogens with two attached hydrogens (primary N) is 1. The Balaban J connectivity index is 2.33. The fourth-order valence-corrected chi connectivity index (χ4v) is 1.51. The second kappa shape index (κ2) is 5.61.